The molecule has 0 amide bonds. The number of aromatic nitrogens is 2. The molecule has 0 unspecified atom stereocenters. The standard InChI is InChI=1S/C21H23F2N3O.C2H6/c1-13-16-12-17(22)20(27)18(23)19(16)26(24-13)15-6-4-14(5-7-15)25-10-8-21(2,3)9-11-25;1-2/h4-7,12,27H,8-11H2,1-3H3;1-2H3. The molecule has 1 fully saturated rings. The Morgan fingerprint density at radius 1 is 1.00 bits per heavy atom. The summed E-state index contributed by atoms with van der Waals surface area (Å²) in [4.78, 5) is 2.35. The third-order valence-electron chi connectivity index (χ3n) is 5.60. The van der Waals surface area contributed by atoms with Gasteiger partial charge in [-0.15, -0.1) is 0 Å². The van der Waals surface area contributed by atoms with Crippen molar-refractivity contribution in [1.82, 2.24) is 9.78 Å². The molecule has 0 saturated carbocycles. The van der Waals surface area contributed by atoms with Crippen LogP contribution >= 0.6 is 0 Å². The molecule has 3 aromatic rings. The molecule has 0 atom stereocenters. The van der Waals surface area contributed by atoms with E-state index in [0.29, 0.717) is 22.2 Å². The fourth-order valence-electron chi connectivity index (χ4n) is 3.70. The maximum atomic E-state index is 14.5. The van der Waals surface area contributed by atoms with Crippen LogP contribution in [0, 0.1) is 24.0 Å². The van der Waals surface area contributed by atoms with Gasteiger partial charge >= 0.3 is 0 Å². The van der Waals surface area contributed by atoms with Crippen LogP contribution < -0.4 is 4.90 Å². The normalized spacial score (nSPS) is 15.9. The molecular formula is C23H29F2N3O. The second-order valence-corrected chi connectivity index (χ2v) is 8.08. The Kier molecular flexibility index (Phi) is 5.82. The molecule has 1 aliphatic heterocycles. The molecule has 1 N–H and O–H groups in total. The van der Waals surface area contributed by atoms with Gasteiger partial charge in [0.25, 0.3) is 0 Å². The number of rotatable bonds is 2. The smallest absolute Gasteiger partial charge is 0.194 e. The van der Waals surface area contributed by atoms with E-state index in [1.807, 2.05) is 38.1 Å². The van der Waals surface area contributed by atoms with Gasteiger partial charge in [0.05, 0.1) is 11.4 Å². The van der Waals surface area contributed by atoms with E-state index in [1.165, 1.54) is 4.68 Å². The highest BCUT2D eigenvalue weighted by Gasteiger charge is 2.25. The number of phenolic OH excluding ortho intramolecular Hbond substituents is 1. The predicted octanol–water partition coefficient (Wildman–Crippen LogP) is 5.97. The monoisotopic (exact) mass is 401 g/mol. The van der Waals surface area contributed by atoms with E-state index in [2.05, 4.69) is 23.8 Å². The maximum absolute atomic E-state index is 14.5. The molecule has 2 heterocycles. The highest BCUT2D eigenvalue weighted by molar-refractivity contribution is 5.85. The molecule has 1 aliphatic rings. The first-order valence-corrected chi connectivity index (χ1v) is 10.2. The average Bonchev–Trinajstić information content (AvgIpc) is 3.04. The highest BCUT2D eigenvalue weighted by Crippen LogP contribution is 2.34. The van der Waals surface area contributed by atoms with E-state index < -0.39 is 17.4 Å². The van der Waals surface area contributed by atoms with Crippen LogP contribution in [0.5, 0.6) is 5.75 Å². The molecule has 0 radical (unpaired) electrons. The van der Waals surface area contributed by atoms with Gasteiger partial charge in [-0.1, -0.05) is 27.7 Å². The quantitative estimate of drug-likeness (QED) is 0.575. The van der Waals surface area contributed by atoms with E-state index in [1.54, 1.807) is 6.92 Å². The van der Waals surface area contributed by atoms with Crippen LogP contribution in [0.15, 0.2) is 30.3 Å². The minimum Gasteiger partial charge on any atom is -0.503 e. The van der Waals surface area contributed by atoms with Gasteiger partial charge in [-0.05, 0) is 55.5 Å². The molecule has 4 rings (SSSR count). The Balaban J connectivity index is 0.00000117. The lowest BCUT2D eigenvalue weighted by molar-refractivity contribution is 0.280. The fraction of sp³-hybridized carbons (Fsp3) is 0.435. The highest BCUT2D eigenvalue weighted by atomic mass is 19.1. The first kappa shape index (κ1) is 21.1. The summed E-state index contributed by atoms with van der Waals surface area (Å²) in [5.74, 6) is -2.95. The van der Waals surface area contributed by atoms with Gasteiger partial charge in [0.2, 0.25) is 0 Å². The van der Waals surface area contributed by atoms with Crippen molar-refractivity contribution in [3.8, 4) is 11.4 Å². The van der Waals surface area contributed by atoms with Gasteiger partial charge in [-0.25, -0.2) is 13.5 Å². The lowest BCUT2D eigenvalue weighted by Crippen LogP contribution is -2.37. The largest absolute Gasteiger partial charge is 0.503 e. The van der Waals surface area contributed by atoms with E-state index in [0.717, 1.165) is 37.7 Å². The zero-order chi connectivity index (χ0) is 21.3. The number of fused-ring (bicyclic) bond motifs is 1. The van der Waals surface area contributed by atoms with E-state index >= 15 is 0 Å². The lowest BCUT2D eigenvalue weighted by Gasteiger charge is -2.38. The number of aromatic hydroxyl groups is 1. The third kappa shape index (κ3) is 3.93. The Hall–Kier alpha value is -2.63. The first-order valence-electron chi connectivity index (χ1n) is 10.2. The van der Waals surface area contributed by atoms with Crippen LogP contribution in [-0.2, 0) is 0 Å². The fourth-order valence-corrected chi connectivity index (χ4v) is 3.70. The van der Waals surface area contributed by atoms with Crippen molar-refractivity contribution < 1.29 is 13.9 Å². The number of phenols is 1. The Labute approximate surface area is 170 Å². The molecule has 6 heteroatoms. The van der Waals surface area contributed by atoms with Crippen LogP contribution in [0.2, 0.25) is 0 Å². The van der Waals surface area contributed by atoms with Crippen LogP contribution in [0.3, 0.4) is 0 Å². The summed E-state index contributed by atoms with van der Waals surface area (Å²) < 4.78 is 29.6. The molecule has 0 bridgehead atoms. The third-order valence-corrected chi connectivity index (χ3v) is 5.60. The summed E-state index contributed by atoms with van der Waals surface area (Å²) >= 11 is 0. The van der Waals surface area contributed by atoms with Crippen molar-refractivity contribution in [3.05, 3.63) is 47.7 Å². The summed E-state index contributed by atoms with van der Waals surface area (Å²) in [5, 5.41) is 14.3. The molecule has 2 aromatic carbocycles. The van der Waals surface area contributed by atoms with Crippen LogP contribution in [-0.4, -0.2) is 28.0 Å². The summed E-state index contributed by atoms with van der Waals surface area (Å²) in [7, 11) is 0. The van der Waals surface area contributed by atoms with Gasteiger partial charge in [0.15, 0.2) is 17.4 Å². The minimum atomic E-state index is -0.993. The maximum Gasteiger partial charge on any atom is 0.194 e. The van der Waals surface area contributed by atoms with Gasteiger partial charge in [0.1, 0.15) is 5.52 Å². The summed E-state index contributed by atoms with van der Waals surface area (Å²) in [5.41, 5.74) is 2.76. The van der Waals surface area contributed by atoms with Crippen molar-refractivity contribution in [2.45, 2.75) is 47.5 Å². The van der Waals surface area contributed by atoms with Gasteiger partial charge in [-0.2, -0.15) is 5.10 Å². The van der Waals surface area contributed by atoms with E-state index in [9.17, 15) is 13.9 Å². The Morgan fingerprint density at radius 2 is 1.55 bits per heavy atom. The number of halogens is 2. The molecule has 29 heavy (non-hydrogen) atoms. The molecule has 0 spiro atoms. The Bertz CT molecular complexity index is 999. The lowest BCUT2D eigenvalue weighted by atomic mass is 9.82. The van der Waals surface area contributed by atoms with Crippen molar-refractivity contribution >= 4 is 16.6 Å². The summed E-state index contributed by atoms with van der Waals surface area (Å²) in [6.45, 7) is 12.3. The predicted molar refractivity (Wildman–Crippen MR) is 114 cm³/mol. The summed E-state index contributed by atoms with van der Waals surface area (Å²) in [6, 6.07) is 8.87. The zero-order valence-electron chi connectivity index (χ0n) is 17.8. The molecule has 1 saturated heterocycles. The van der Waals surface area contributed by atoms with Crippen LogP contribution in [0.4, 0.5) is 14.5 Å². The SMILES string of the molecule is CC.Cc1nn(-c2ccc(N3CCC(C)(C)CC3)cc2)c2c(F)c(O)c(F)cc12. The molecule has 156 valence electrons. The van der Waals surface area contributed by atoms with Gasteiger partial charge in [-0.3, -0.25) is 0 Å². The number of aryl methyl sites for hydroxylation is 1. The number of benzene rings is 2. The van der Waals surface area contributed by atoms with E-state index in [4.69, 9.17) is 0 Å². The number of hydrogen-bond acceptors (Lipinski definition) is 3. The molecular weight excluding hydrogens is 372 g/mol. The van der Waals surface area contributed by atoms with Gasteiger partial charge < -0.3 is 10.0 Å². The second-order valence-electron chi connectivity index (χ2n) is 8.08. The molecule has 4 nitrogen and oxygen atoms in total. The topological polar surface area (TPSA) is 41.3 Å². The van der Waals surface area contributed by atoms with Gasteiger partial charge in [0, 0.05) is 24.2 Å². The number of hydrogen-bond donors (Lipinski definition) is 1. The first-order chi connectivity index (χ1) is 13.8. The number of anilines is 1. The number of nitrogens with zero attached hydrogens (tertiary/aromatic N) is 3. The van der Waals surface area contributed by atoms with Crippen molar-refractivity contribution in [2.75, 3.05) is 18.0 Å². The van der Waals surface area contributed by atoms with E-state index in [-0.39, 0.29) is 5.52 Å². The average molecular weight is 402 g/mol. The summed E-state index contributed by atoms with van der Waals surface area (Å²) in [6.07, 6.45) is 2.29. The van der Waals surface area contributed by atoms with Crippen molar-refractivity contribution in [1.29, 1.82) is 0 Å². The van der Waals surface area contributed by atoms with Crippen LogP contribution in [0.1, 0.15) is 46.2 Å². The number of piperidine rings is 1. The zero-order valence-corrected chi connectivity index (χ0v) is 17.8. The van der Waals surface area contributed by atoms with Crippen molar-refractivity contribution in [2.24, 2.45) is 5.41 Å². The molecule has 1 aromatic heterocycles. The minimum absolute atomic E-state index is 0.0823. The van der Waals surface area contributed by atoms with Crippen molar-refractivity contribution in [3.63, 3.8) is 0 Å². The van der Waals surface area contributed by atoms with Crippen LogP contribution in [0.25, 0.3) is 16.6 Å². The molecule has 0 aliphatic carbocycles. The Morgan fingerprint density at radius 3 is 2.14 bits per heavy atom. The second kappa shape index (κ2) is 8.01.